The number of aliphatic carboxylic acids is 1. The van der Waals surface area contributed by atoms with Gasteiger partial charge in [-0.1, -0.05) is 24.6 Å². The Bertz CT molecular complexity index is 1050. The predicted molar refractivity (Wildman–Crippen MR) is 137 cm³/mol. The lowest BCUT2D eigenvalue weighted by Gasteiger charge is -2.24. The number of aliphatic hydroxyl groups is 1. The van der Waals surface area contributed by atoms with Gasteiger partial charge in [0.1, 0.15) is 18.1 Å². The normalized spacial score (nSPS) is 14.4. The molecule has 198 valence electrons. The van der Waals surface area contributed by atoms with E-state index >= 15 is 0 Å². The first-order chi connectivity index (χ1) is 17.2. The number of carbonyl (C=O) groups excluding carboxylic acids is 3. The van der Waals surface area contributed by atoms with Crippen molar-refractivity contribution >= 4 is 47.2 Å². The maximum Gasteiger partial charge on any atom is 0.327 e. The minimum atomic E-state index is -1.44. The third-order valence-corrected chi connectivity index (χ3v) is 6.02. The first-order valence-corrected chi connectivity index (χ1v) is 12.2. The number of hydrogen-bond donors (Lipinski definition) is 9. The van der Waals surface area contributed by atoms with Crippen LogP contribution in [0.4, 0.5) is 0 Å². The molecule has 36 heavy (non-hydrogen) atoms. The molecule has 10 N–H and O–H groups in total. The number of carboxylic acid groups (broad SMARTS) is 1. The van der Waals surface area contributed by atoms with E-state index in [2.05, 4.69) is 33.6 Å². The molecule has 0 radical (unpaired) electrons. The van der Waals surface area contributed by atoms with Crippen LogP contribution in [0, 0.1) is 0 Å². The van der Waals surface area contributed by atoms with Crippen LogP contribution in [0.3, 0.4) is 0 Å². The lowest BCUT2D eigenvalue weighted by atomic mass is 10.0. The van der Waals surface area contributed by atoms with E-state index in [1.807, 2.05) is 24.3 Å². The Kier molecular flexibility index (Phi) is 11.7. The van der Waals surface area contributed by atoms with Crippen molar-refractivity contribution in [2.24, 2.45) is 11.5 Å². The Morgan fingerprint density at radius 1 is 0.972 bits per heavy atom. The quantitative estimate of drug-likeness (QED) is 0.100. The largest absolute Gasteiger partial charge is 0.480 e. The van der Waals surface area contributed by atoms with Gasteiger partial charge in [0.25, 0.3) is 0 Å². The van der Waals surface area contributed by atoms with Crippen molar-refractivity contribution in [2.45, 2.75) is 49.9 Å². The SMILES string of the molecule is NCCCCC(N)C(=O)NC(Cc1c[nH]c2ccccc12)C(=O)NC(CO)C(=O)NC(CS)C(=O)O. The van der Waals surface area contributed by atoms with E-state index in [1.165, 1.54) is 0 Å². The number of unbranched alkanes of at least 4 members (excludes halogenated alkanes) is 1. The molecule has 4 atom stereocenters. The number of aromatic amines is 1. The van der Waals surface area contributed by atoms with Crippen molar-refractivity contribution in [1.29, 1.82) is 0 Å². The smallest absolute Gasteiger partial charge is 0.327 e. The van der Waals surface area contributed by atoms with Crippen molar-refractivity contribution in [3.63, 3.8) is 0 Å². The number of aliphatic hydroxyl groups excluding tert-OH is 1. The van der Waals surface area contributed by atoms with E-state index in [9.17, 15) is 24.3 Å². The van der Waals surface area contributed by atoms with Crippen LogP contribution in [0.1, 0.15) is 24.8 Å². The molecule has 2 aromatic rings. The van der Waals surface area contributed by atoms with Crippen LogP contribution in [0.15, 0.2) is 30.5 Å². The number of nitrogens with one attached hydrogen (secondary N) is 4. The third-order valence-electron chi connectivity index (χ3n) is 5.65. The number of para-hydroxylation sites is 1. The Balaban J connectivity index is 2.20. The molecule has 3 amide bonds. The second-order valence-electron chi connectivity index (χ2n) is 8.34. The van der Waals surface area contributed by atoms with Crippen molar-refractivity contribution in [3.05, 3.63) is 36.0 Å². The van der Waals surface area contributed by atoms with E-state index in [4.69, 9.17) is 16.6 Å². The topological polar surface area (TPSA) is 213 Å². The van der Waals surface area contributed by atoms with Gasteiger partial charge in [0, 0.05) is 29.3 Å². The van der Waals surface area contributed by atoms with Gasteiger partial charge in [-0.25, -0.2) is 4.79 Å². The summed E-state index contributed by atoms with van der Waals surface area (Å²) in [5.74, 6) is -3.68. The Morgan fingerprint density at radius 2 is 1.61 bits per heavy atom. The summed E-state index contributed by atoms with van der Waals surface area (Å²) in [4.78, 5) is 52.7. The van der Waals surface area contributed by atoms with E-state index in [0.717, 1.165) is 16.5 Å². The second kappa shape index (κ2) is 14.4. The van der Waals surface area contributed by atoms with Crippen LogP contribution in [-0.4, -0.2) is 82.0 Å². The number of nitrogens with two attached hydrogens (primary N) is 2. The number of rotatable bonds is 15. The maximum absolute atomic E-state index is 13.2. The molecule has 1 heterocycles. The highest BCUT2D eigenvalue weighted by Crippen LogP contribution is 2.19. The fraction of sp³-hybridized carbons (Fsp3) is 0.478. The molecule has 1 aromatic carbocycles. The van der Waals surface area contributed by atoms with E-state index in [0.29, 0.717) is 25.8 Å². The van der Waals surface area contributed by atoms with E-state index in [-0.39, 0.29) is 12.2 Å². The van der Waals surface area contributed by atoms with Gasteiger partial charge in [0.05, 0.1) is 12.6 Å². The number of thiol groups is 1. The average molecular weight is 523 g/mol. The summed E-state index contributed by atoms with van der Waals surface area (Å²) in [5.41, 5.74) is 13.1. The summed E-state index contributed by atoms with van der Waals surface area (Å²) in [5, 5.41) is 26.9. The molecular formula is C23H34N6O6S. The monoisotopic (exact) mass is 522 g/mol. The zero-order valence-electron chi connectivity index (χ0n) is 19.8. The standard InChI is InChI=1S/C23H34N6O6S/c24-8-4-3-6-15(25)20(31)27-17(9-13-10-26-16-7-2-1-5-14(13)16)21(32)28-18(11-30)22(33)29-19(12-36)23(34)35/h1-2,5,7,10,15,17-19,26,30,36H,3-4,6,8-9,11-12,24-25H2,(H,27,31)(H,28,32)(H,29,33)(H,34,35). The molecule has 0 saturated carbocycles. The zero-order valence-corrected chi connectivity index (χ0v) is 20.7. The molecule has 0 spiro atoms. The molecule has 0 saturated heterocycles. The number of aromatic nitrogens is 1. The van der Waals surface area contributed by atoms with Gasteiger partial charge in [-0.15, -0.1) is 0 Å². The summed E-state index contributed by atoms with van der Waals surface area (Å²) in [6.45, 7) is -0.316. The van der Waals surface area contributed by atoms with Crippen molar-refractivity contribution in [3.8, 4) is 0 Å². The molecule has 0 fully saturated rings. The van der Waals surface area contributed by atoms with Crippen molar-refractivity contribution < 1.29 is 29.4 Å². The minimum Gasteiger partial charge on any atom is -0.480 e. The predicted octanol–water partition coefficient (Wildman–Crippen LogP) is -1.37. The first-order valence-electron chi connectivity index (χ1n) is 11.6. The van der Waals surface area contributed by atoms with Crippen LogP contribution in [0.5, 0.6) is 0 Å². The summed E-state index contributed by atoms with van der Waals surface area (Å²) in [6, 6.07) is 2.69. The number of fused-ring (bicyclic) bond motifs is 1. The highest BCUT2D eigenvalue weighted by atomic mass is 32.1. The minimum absolute atomic E-state index is 0.0747. The molecule has 1 aromatic heterocycles. The second-order valence-corrected chi connectivity index (χ2v) is 8.71. The van der Waals surface area contributed by atoms with Gasteiger partial charge in [-0.2, -0.15) is 12.6 Å². The third kappa shape index (κ3) is 8.22. The Morgan fingerprint density at radius 3 is 2.25 bits per heavy atom. The molecule has 0 aliphatic heterocycles. The Labute approximate surface area is 214 Å². The van der Waals surface area contributed by atoms with Crippen LogP contribution in [0.25, 0.3) is 10.9 Å². The Hall–Kier alpha value is -3.13. The lowest BCUT2D eigenvalue weighted by molar-refractivity contribution is -0.142. The summed E-state index contributed by atoms with van der Waals surface area (Å²) < 4.78 is 0. The lowest BCUT2D eigenvalue weighted by Crippen LogP contribution is -2.58. The molecule has 12 nitrogen and oxygen atoms in total. The first kappa shape index (κ1) is 29.1. The highest BCUT2D eigenvalue weighted by molar-refractivity contribution is 7.80. The average Bonchev–Trinajstić information content (AvgIpc) is 3.27. The molecule has 13 heteroatoms. The summed E-state index contributed by atoms with van der Waals surface area (Å²) in [7, 11) is 0. The van der Waals surface area contributed by atoms with Gasteiger partial charge in [0.15, 0.2) is 0 Å². The number of benzene rings is 1. The van der Waals surface area contributed by atoms with E-state index < -0.39 is 54.5 Å². The molecule has 0 aliphatic carbocycles. The zero-order chi connectivity index (χ0) is 26.7. The van der Waals surface area contributed by atoms with Gasteiger partial charge in [-0.3, -0.25) is 14.4 Å². The van der Waals surface area contributed by atoms with Crippen molar-refractivity contribution in [1.82, 2.24) is 20.9 Å². The van der Waals surface area contributed by atoms with Gasteiger partial charge >= 0.3 is 5.97 Å². The fourth-order valence-corrected chi connectivity index (χ4v) is 3.82. The number of H-pyrrole nitrogens is 1. The van der Waals surface area contributed by atoms with Crippen LogP contribution >= 0.6 is 12.6 Å². The van der Waals surface area contributed by atoms with Gasteiger partial charge in [-0.05, 0) is 31.0 Å². The number of carbonyl (C=O) groups is 4. The molecule has 2 rings (SSSR count). The molecule has 0 aliphatic rings. The highest BCUT2D eigenvalue weighted by Gasteiger charge is 2.30. The van der Waals surface area contributed by atoms with Crippen LogP contribution < -0.4 is 27.4 Å². The molecule has 4 unspecified atom stereocenters. The van der Waals surface area contributed by atoms with Crippen LogP contribution in [0.2, 0.25) is 0 Å². The number of carboxylic acids is 1. The van der Waals surface area contributed by atoms with E-state index in [1.54, 1.807) is 6.20 Å². The van der Waals surface area contributed by atoms with Gasteiger partial charge < -0.3 is 42.6 Å². The van der Waals surface area contributed by atoms with Gasteiger partial charge in [0.2, 0.25) is 17.7 Å². The fourth-order valence-electron chi connectivity index (χ4n) is 3.57. The summed E-state index contributed by atoms with van der Waals surface area (Å²) in [6.07, 6.45) is 3.53. The maximum atomic E-state index is 13.2. The number of amides is 3. The van der Waals surface area contributed by atoms with Crippen molar-refractivity contribution in [2.75, 3.05) is 18.9 Å². The molecular weight excluding hydrogens is 488 g/mol. The molecule has 0 bridgehead atoms. The summed E-state index contributed by atoms with van der Waals surface area (Å²) >= 11 is 3.88. The van der Waals surface area contributed by atoms with Crippen LogP contribution in [-0.2, 0) is 25.6 Å². The number of hydrogen-bond acceptors (Lipinski definition) is 8.